The van der Waals surface area contributed by atoms with Crippen LogP contribution in [0, 0.1) is 6.92 Å². The average Bonchev–Trinajstić information content (AvgIpc) is 2.73. The molecular weight excluding hydrogens is 368 g/mol. The minimum Gasteiger partial charge on any atom is -0.507 e. The van der Waals surface area contributed by atoms with Crippen molar-refractivity contribution < 1.29 is 15.0 Å². The second-order valence-corrected chi connectivity index (χ2v) is 7.57. The third-order valence-corrected chi connectivity index (χ3v) is 5.63. The van der Waals surface area contributed by atoms with E-state index in [0.717, 1.165) is 29.2 Å². The molecule has 0 spiro atoms. The number of carboxylic acid groups (broad SMARTS) is 1. The van der Waals surface area contributed by atoms with E-state index in [2.05, 4.69) is 10.2 Å². The van der Waals surface area contributed by atoms with E-state index in [4.69, 9.17) is 0 Å². The monoisotopic (exact) mass is 392 g/mol. The van der Waals surface area contributed by atoms with Crippen LogP contribution in [0.25, 0.3) is 22.0 Å². The number of amides is 1. The average molecular weight is 392 g/mol. The lowest BCUT2D eigenvalue weighted by atomic mass is 10.0. The van der Waals surface area contributed by atoms with Crippen LogP contribution in [0.15, 0.2) is 42.5 Å². The molecule has 0 aliphatic carbocycles. The topological polar surface area (TPSA) is 89.8 Å². The number of nitrogens with zero attached hydrogens (tertiary/aromatic N) is 4. The molecule has 7 nitrogen and oxygen atoms in total. The molecule has 1 aliphatic rings. The third kappa shape index (κ3) is 3.55. The Kier molecular flexibility index (Phi) is 4.96. The second-order valence-electron chi connectivity index (χ2n) is 7.57. The van der Waals surface area contributed by atoms with Gasteiger partial charge in [-0.05, 0) is 37.5 Å². The molecule has 2 heterocycles. The Morgan fingerprint density at radius 1 is 1.17 bits per heavy atom. The van der Waals surface area contributed by atoms with Gasteiger partial charge in [-0.15, -0.1) is 10.2 Å². The van der Waals surface area contributed by atoms with Crippen LogP contribution in [0.2, 0.25) is 0 Å². The SMILES string of the molecule is Cc1ccc(-c2nnc(N(C)C3CCCN(C(=O)O)C3)c3ccccc23)c(O)c1. The smallest absolute Gasteiger partial charge is 0.407 e. The molecule has 1 atom stereocenters. The van der Waals surface area contributed by atoms with E-state index in [-0.39, 0.29) is 11.8 Å². The number of fused-ring (bicyclic) bond motifs is 1. The van der Waals surface area contributed by atoms with Gasteiger partial charge in [0.1, 0.15) is 11.4 Å². The molecule has 1 aromatic heterocycles. The van der Waals surface area contributed by atoms with Crippen molar-refractivity contribution in [1.82, 2.24) is 15.1 Å². The van der Waals surface area contributed by atoms with Crippen molar-refractivity contribution in [2.24, 2.45) is 0 Å². The number of rotatable bonds is 3. The Hall–Kier alpha value is -3.35. The Morgan fingerprint density at radius 3 is 2.66 bits per heavy atom. The summed E-state index contributed by atoms with van der Waals surface area (Å²) < 4.78 is 0. The number of likely N-dealkylation sites (N-methyl/N-ethyl adjacent to an activating group) is 1. The van der Waals surface area contributed by atoms with Crippen molar-refractivity contribution in [2.45, 2.75) is 25.8 Å². The normalized spacial score (nSPS) is 16.8. The fourth-order valence-electron chi connectivity index (χ4n) is 4.01. The summed E-state index contributed by atoms with van der Waals surface area (Å²) in [5, 5.41) is 30.5. The lowest BCUT2D eigenvalue weighted by Gasteiger charge is -2.37. The van der Waals surface area contributed by atoms with Crippen LogP contribution in [0.4, 0.5) is 10.6 Å². The maximum absolute atomic E-state index is 11.4. The Bertz CT molecular complexity index is 1070. The van der Waals surface area contributed by atoms with E-state index in [0.29, 0.717) is 30.2 Å². The quantitative estimate of drug-likeness (QED) is 0.703. The fraction of sp³-hybridized carbons (Fsp3) is 0.318. The molecular formula is C22H24N4O3. The lowest BCUT2D eigenvalue weighted by molar-refractivity contribution is 0.130. The molecule has 0 saturated carbocycles. The molecule has 3 aromatic rings. The van der Waals surface area contributed by atoms with Gasteiger partial charge >= 0.3 is 6.09 Å². The summed E-state index contributed by atoms with van der Waals surface area (Å²) >= 11 is 0. The number of likely N-dealkylation sites (tertiary alicyclic amines) is 1. The molecule has 0 bridgehead atoms. The molecule has 1 unspecified atom stereocenters. The van der Waals surface area contributed by atoms with Gasteiger partial charge in [0.05, 0.1) is 0 Å². The van der Waals surface area contributed by atoms with Crippen LogP contribution >= 0.6 is 0 Å². The maximum Gasteiger partial charge on any atom is 0.407 e. The highest BCUT2D eigenvalue weighted by Gasteiger charge is 2.28. The van der Waals surface area contributed by atoms with E-state index in [1.54, 1.807) is 6.07 Å². The Balaban J connectivity index is 1.76. The van der Waals surface area contributed by atoms with Gasteiger partial charge in [-0.3, -0.25) is 0 Å². The van der Waals surface area contributed by atoms with Crippen molar-refractivity contribution in [3.8, 4) is 17.0 Å². The fourth-order valence-corrected chi connectivity index (χ4v) is 4.01. The minimum atomic E-state index is -0.885. The first-order valence-corrected chi connectivity index (χ1v) is 9.72. The predicted molar refractivity (Wildman–Crippen MR) is 112 cm³/mol. The zero-order chi connectivity index (χ0) is 20.5. The van der Waals surface area contributed by atoms with Gasteiger partial charge in [0.15, 0.2) is 5.82 Å². The number of aromatic nitrogens is 2. The van der Waals surface area contributed by atoms with Gasteiger partial charge in [0.25, 0.3) is 0 Å². The molecule has 2 aromatic carbocycles. The molecule has 29 heavy (non-hydrogen) atoms. The van der Waals surface area contributed by atoms with Crippen molar-refractivity contribution >= 4 is 22.7 Å². The summed E-state index contributed by atoms with van der Waals surface area (Å²) in [7, 11) is 1.94. The van der Waals surface area contributed by atoms with Gasteiger partial charge in [-0.25, -0.2) is 4.79 Å². The number of aromatic hydroxyl groups is 1. The van der Waals surface area contributed by atoms with Crippen LogP contribution < -0.4 is 4.90 Å². The van der Waals surface area contributed by atoms with Crippen molar-refractivity contribution in [3.63, 3.8) is 0 Å². The number of phenols is 1. The highest BCUT2D eigenvalue weighted by atomic mass is 16.4. The first-order chi connectivity index (χ1) is 14.0. The number of hydrogen-bond acceptors (Lipinski definition) is 5. The first kappa shape index (κ1) is 19.0. The number of carbonyl (C=O) groups is 1. The molecule has 1 fully saturated rings. The van der Waals surface area contributed by atoms with Gasteiger partial charge in [-0.2, -0.15) is 0 Å². The van der Waals surface area contributed by atoms with Gasteiger partial charge < -0.3 is 20.0 Å². The first-order valence-electron chi connectivity index (χ1n) is 9.72. The van der Waals surface area contributed by atoms with Gasteiger partial charge in [-0.1, -0.05) is 30.3 Å². The maximum atomic E-state index is 11.4. The van der Waals surface area contributed by atoms with E-state index in [9.17, 15) is 15.0 Å². The van der Waals surface area contributed by atoms with Crippen LogP contribution in [-0.2, 0) is 0 Å². The predicted octanol–water partition coefficient (Wildman–Crippen LogP) is 3.89. The number of aryl methyl sites for hydroxylation is 1. The molecule has 1 aliphatic heterocycles. The summed E-state index contributed by atoms with van der Waals surface area (Å²) in [6.45, 7) is 2.94. The summed E-state index contributed by atoms with van der Waals surface area (Å²) in [4.78, 5) is 14.9. The number of benzene rings is 2. The van der Waals surface area contributed by atoms with Crippen molar-refractivity contribution in [3.05, 3.63) is 48.0 Å². The van der Waals surface area contributed by atoms with Crippen LogP contribution in [0.3, 0.4) is 0 Å². The molecule has 0 radical (unpaired) electrons. The summed E-state index contributed by atoms with van der Waals surface area (Å²) in [6.07, 6.45) is 0.836. The van der Waals surface area contributed by atoms with E-state index < -0.39 is 6.09 Å². The molecule has 1 amide bonds. The summed E-state index contributed by atoms with van der Waals surface area (Å²) in [6, 6.07) is 13.4. The second kappa shape index (κ2) is 7.58. The number of anilines is 1. The van der Waals surface area contributed by atoms with Crippen LogP contribution in [-0.4, -0.2) is 57.6 Å². The Labute approximate surface area is 169 Å². The Morgan fingerprint density at radius 2 is 1.93 bits per heavy atom. The minimum absolute atomic E-state index is 0.0381. The third-order valence-electron chi connectivity index (χ3n) is 5.63. The van der Waals surface area contributed by atoms with Crippen molar-refractivity contribution in [2.75, 3.05) is 25.0 Å². The van der Waals surface area contributed by atoms with E-state index in [1.165, 1.54) is 4.90 Å². The molecule has 4 rings (SSSR count). The van der Waals surface area contributed by atoms with Crippen molar-refractivity contribution in [1.29, 1.82) is 0 Å². The van der Waals surface area contributed by atoms with Gasteiger partial charge in [0.2, 0.25) is 0 Å². The molecule has 1 saturated heterocycles. The molecule has 2 N–H and O–H groups in total. The zero-order valence-electron chi connectivity index (χ0n) is 16.5. The molecule has 150 valence electrons. The number of phenolic OH excluding ortho intramolecular Hbond substituents is 1. The summed E-state index contributed by atoms with van der Waals surface area (Å²) in [5.41, 5.74) is 2.24. The number of hydrogen-bond donors (Lipinski definition) is 2. The van der Waals surface area contributed by atoms with Gasteiger partial charge in [0, 0.05) is 42.5 Å². The molecule has 7 heteroatoms. The van der Waals surface area contributed by atoms with E-state index in [1.807, 2.05) is 55.3 Å². The largest absolute Gasteiger partial charge is 0.507 e. The van der Waals surface area contributed by atoms with Crippen LogP contribution in [0.1, 0.15) is 18.4 Å². The van der Waals surface area contributed by atoms with Crippen LogP contribution in [0.5, 0.6) is 5.75 Å². The number of piperidine rings is 1. The highest BCUT2D eigenvalue weighted by molar-refractivity contribution is 6.01. The summed E-state index contributed by atoms with van der Waals surface area (Å²) in [5.74, 6) is 0.892. The zero-order valence-corrected chi connectivity index (χ0v) is 16.5. The van der Waals surface area contributed by atoms with E-state index >= 15 is 0 Å². The lowest BCUT2D eigenvalue weighted by Crippen LogP contribution is -2.48. The highest BCUT2D eigenvalue weighted by Crippen LogP contribution is 2.36. The standard InChI is InChI=1S/C22H24N4O3/c1-14-9-10-18(19(27)12-14)20-16-7-3-4-8-17(16)21(24-23-20)25(2)15-6-5-11-26(13-15)22(28)29/h3-4,7-10,12,15,27H,5-6,11,13H2,1-2H3,(H,28,29).